The van der Waals surface area contributed by atoms with Crippen LogP contribution in [-0.2, 0) is 6.54 Å². The van der Waals surface area contributed by atoms with Gasteiger partial charge in [-0.05, 0) is 35.1 Å². The minimum Gasteiger partial charge on any atom is -0.314 e. The topological polar surface area (TPSA) is 24.9 Å². The van der Waals surface area contributed by atoms with Gasteiger partial charge in [0, 0.05) is 18.2 Å². The Labute approximate surface area is 110 Å². The maximum Gasteiger partial charge on any atom is 0.136 e. The molecule has 2 nitrogen and oxygen atoms in total. The summed E-state index contributed by atoms with van der Waals surface area (Å²) in [5.41, 5.74) is 1.13. The quantitative estimate of drug-likeness (QED) is 0.935. The minimum atomic E-state index is -0.595. The van der Waals surface area contributed by atoms with Gasteiger partial charge in [0.1, 0.15) is 16.6 Å². The highest BCUT2D eigenvalue weighted by Gasteiger charge is 2.13. The first-order valence-corrected chi connectivity index (χ1v) is 6.48. The molecule has 0 fully saturated rings. The van der Waals surface area contributed by atoms with Crippen LogP contribution in [0.1, 0.15) is 5.69 Å². The largest absolute Gasteiger partial charge is 0.314 e. The molecule has 0 aliphatic heterocycles. The van der Waals surface area contributed by atoms with Crippen molar-refractivity contribution in [3.05, 3.63) is 39.3 Å². The molecule has 17 heavy (non-hydrogen) atoms. The number of thiazole rings is 1. The van der Waals surface area contributed by atoms with Crippen molar-refractivity contribution >= 4 is 27.3 Å². The lowest BCUT2D eigenvalue weighted by Crippen LogP contribution is -2.05. The van der Waals surface area contributed by atoms with Crippen LogP contribution in [0.4, 0.5) is 8.78 Å². The molecular weight excluding hydrogens is 310 g/mol. The maximum atomic E-state index is 13.6. The van der Waals surface area contributed by atoms with Crippen LogP contribution >= 0.6 is 27.3 Å². The number of nitrogens with one attached hydrogen (secondary N) is 1. The first kappa shape index (κ1) is 12.6. The van der Waals surface area contributed by atoms with Crippen LogP contribution in [0.15, 0.2) is 22.0 Å². The molecular formula is C11H9BrF2N2S. The summed E-state index contributed by atoms with van der Waals surface area (Å²) in [6.45, 7) is 0.597. The van der Waals surface area contributed by atoms with Gasteiger partial charge in [0.2, 0.25) is 0 Å². The van der Waals surface area contributed by atoms with Gasteiger partial charge in [0.05, 0.1) is 9.48 Å². The Morgan fingerprint density at radius 2 is 2.18 bits per heavy atom. The van der Waals surface area contributed by atoms with Gasteiger partial charge in [0.15, 0.2) is 0 Å². The lowest BCUT2D eigenvalue weighted by Gasteiger charge is -1.98. The van der Waals surface area contributed by atoms with Crippen molar-refractivity contribution in [3.63, 3.8) is 0 Å². The van der Waals surface area contributed by atoms with Gasteiger partial charge in [-0.25, -0.2) is 13.8 Å². The van der Waals surface area contributed by atoms with Gasteiger partial charge in [-0.2, -0.15) is 0 Å². The predicted octanol–water partition coefficient (Wildman–Crippen LogP) is 3.57. The predicted molar refractivity (Wildman–Crippen MR) is 67.9 cm³/mol. The number of aromatic nitrogens is 1. The molecule has 1 aromatic carbocycles. The van der Waals surface area contributed by atoms with Crippen molar-refractivity contribution in [1.29, 1.82) is 0 Å². The third-order valence-corrected chi connectivity index (χ3v) is 4.02. The fourth-order valence-corrected chi connectivity index (χ4v) is 2.91. The summed E-state index contributed by atoms with van der Waals surface area (Å²) in [7, 11) is 1.81. The standard InChI is InChI=1S/C11H9BrF2N2S/c1-15-5-9-10(12)17-11(16-9)7-3-2-6(13)4-8(7)14/h2-4,15H,5H2,1H3. The molecule has 0 aliphatic carbocycles. The van der Waals surface area contributed by atoms with Crippen molar-refractivity contribution in [2.75, 3.05) is 7.05 Å². The van der Waals surface area contributed by atoms with Gasteiger partial charge >= 0.3 is 0 Å². The van der Waals surface area contributed by atoms with Gasteiger partial charge in [0.25, 0.3) is 0 Å². The second-order valence-electron chi connectivity index (χ2n) is 3.39. The number of halogens is 3. The van der Waals surface area contributed by atoms with Crippen molar-refractivity contribution in [2.45, 2.75) is 6.54 Å². The second-order valence-corrected chi connectivity index (χ2v) is 5.71. The van der Waals surface area contributed by atoms with E-state index in [0.29, 0.717) is 17.1 Å². The Morgan fingerprint density at radius 3 is 2.82 bits per heavy atom. The molecule has 90 valence electrons. The summed E-state index contributed by atoms with van der Waals surface area (Å²) in [4.78, 5) is 4.31. The van der Waals surface area contributed by atoms with Crippen molar-refractivity contribution in [1.82, 2.24) is 10.3 Å². The van der Waals surface area contributed by atoms with E-state index in [0.717, 1.165) is 15.5 Å². The monoisotopic (exact) mass is 318 g/mol. The van der Waals surface area contributed by atoms with E-state index in [1.165, 1.54) is 23.5 Å². The van der Waals surface area contributed by atoms with Crippen LogP contribution in [-0.4, -0.2) is 12.0 Å². The molecule has 0 saturated carbocycles. The summed E-state index contributed by atoms with van der Waals surface area (Å²) in [5, 5.41) is 3.52. The number of benzene rings is 1. The van der Waals surface area contributed by atoms with Gasteiger partial charge in [-0.1, -0.05) is 0 Å². The van der Waals surface area contributed by atoms with E-state index >= 15 is 0 Å². The molecule has 0 atom stereocenters. The van der Waals surface area contributed by atoms with Crippen molar-refractivity contribution < 1.29 is 8.78 Å². The van der Waals surface area contributed by atoms with E-state index in [1.54, 1.807) is 0 Å². The van der Waals surface area contributed by atoms with Crippen LogP contribution in [0.2, 0.25) is 0 Å². The fourth-order valence-electron chi connectivity index (χ4n) is 1.39. The van der Waals surface area contributed by atoms with E-state index in [2.05, 4.69) is 26.2 Å². The van der Waals surface area contributed by atoms with Gasteiger partial charge in [-0.15, -0.1) is 11.3 Å². The average Bonchev–Trinajstić information content (AvgIpc) is 2.60. The molecule has 2 aromatic rings. The lowest BCUT2D eigenvalue weighted by molar-refractivity contribution is 0.585. The van der Waals surface area contributed by atoms with E-state index < -0.39 is 11.6 Å². The summed E-state index contributed by atoms with van der Waals surface area (Å²) < 4.78 is 27.2. The van der Waals surface area contributed by atoms with Crippen LogP contribution in [0, 0.1) is 11.6 Å². The SMILES string of the molecule is CNCc1nc(-c2ccc(F)cc2F)sc1Br. The van der Waals surface area contributed by atoms with Gasteiger partial charge < -0.3 is 5.32 Å². The van der Waals surface area contributed by atoms with Crippen LogP contribution in [0.5, 0.6) is 0 Å². The number of hydrogen-bond acceptors (Lipinski definition) is 3. The van der Waals surface area contributed by atoms with Crippen molar-refractivity contribution in [3.8, 4) is 10.6 Å². The third kappa shape index (κ3) is 2.70. The van der Waals surface area contributed by atoms with Crippen molar-refractivity contribution in [2.24, 2.45) is 0 Å². The minimum absolute atomic E-state index is 0.319. The normalized spacial score (nSPS) is 10.8. The number of nitrogens with zero attached hydrogens (tertiary/aromatic N) is 1. The molecule has 2 rings (SSSR count). The zero-order chi connectivity index (χ0) is 12.4. The molecule has 0 spiro atoms. The second kappa shape index (κ2) is 5.20. The maximum absolute atomic E-state index is 13.6. The highest BCUT2D eigenvalue weighted by Crippen LogP contribution is 2.33. The average molecular weight is 319 g/mol. The van der Waals surface area contributed by atoms with Crippen LogP contribution in [0.3, 0.4) is 0 Å². The highest BCUT2D eigenvalue weighted by atomic mass is 79.9. The lowest BCUT2D eigenvalue weighted by atomic mass is 10.2. The summed E-state index contributed by atoms with van der Waals surface area (Å²) in [6, 6.07) is 3.49. The Kier molecular flexibility index (Phi) is 3.86. The van der Waals surface area contributed by atoms with E-state index in [9.17, 15) is 8.78 Å². The Balaban J connectivity index is 2.42. The molecule has 0 bridgehead atoms. The Morgan fingerprint density at radius 1 is 1.41 bits per heavy atom. The first-order chi connectivity index (χ1) is 8.11. The molecule has 6 heteroatoms. The Hall–Kier alpha value is -0.850. The van der Waals surface area contributed by atoms with Gasteiger partial charge in [-0.3, -0.25) is 0 Å². The molecule has 1 heterocycles. The summed E-state index contributed by atoms with van der Waals surface area (Å²) >= 11 is 4.70. The van der Waals surface area contributed by atoms with E-state index in [-0.39, 0.29) is 0 Å². The molecule has 0 radical (unpaired) electrons. The molecule has 0 unspecified atom stereocenters. The van der Waals surface area contributed by atoms with E-state index in [1.807, 2.05) is 7.05 Å². The van der Waals surface area contributed by atoms with Crippen LogP contribution in [0.25, 0.3) is 10.6 Å². The molecule has 0 amide bonds. The Bertz CT molecular complexity index is 542. The third-order valence-electron chi connectivity index (χ3n) is 2.16. The number of rotatable bonds is 3. The number of hydrogen-bond donors (Lipinski definition) is 1. The zero-order valence-corrected chi connectivity index (χ0v) is 11.3. The highest BCUT2D eigenvalue weighted by molar-refractivity contribution is 9.11. The molecule has 0 saturated heterocycles. The molecule has 1 N–H and O–H groups in total. The zero-order valence-electron chi connectivity index (χ0n) is 8.93. The molecule has 1 aromatic heterocycles. The molecule has 0 aliphatic rings. The fraction of sp³-hybridized carbons (Fsp3) is 0.182. The summed E-state index contributed by atoms with van der Waals surface area (Å²) in [5.74, 6) is -1.18. The summed E-state index contributed by atoms with van der Waals surface area (Å²) in [6.07, 6.45) is 0. The smallest absolute Gasteiger partial charge is 0.136 e. The van der Waals surface area contributed by atoms with Crippen LogP contribution < -0.4 is 5.32 Å². The van der Waals surface area contributed by atoms with E-state index in [4.69, 9.17) is 0 Å². The first-order valence-electron chi connectivity index (χ1n) is 4.87.